The van der Waals surface area contributed by atoms with Crippen LogP contribution in [0.15, 0.2) is 24.4 Å². The summed E-state index contributed by atoms with van der Waals surface area (Å²) >= 11 is 0. The second-order valence-corrected chi connectivity index (χ2v) is 7.09. The van der Waals surface area contributed by atoms with Gasteiger partial charge in [-0.3, -0.25) is 5.43 Å². The molecule has 0 spiro atoms. The molecule has 1 aliphatic carbocycles. The summed E-state index contributed by atoms with van der Waals surface area (Å²) in [5.41, 5.74) is 6.53. The summed E-state index contributed by atoms with van der Waals surface area (Å²) in [6.07, 6.45) is 5.59. The Balaban J connectivity index is 1.34. The van der Waals surface area contributed by atoms with Crippen molar-refractivity contribution in [3.63, 3.8) is 0 Å². The van der Waals surface area contributed by atoms with Crippen LogP contribution in [0, 0.1) is 23.2 Å². The molecule has 0 bridgehead atoms. The lowest BCUT2D eigenvalue weighted by Crippen LogP contribution is -2.59. The molecule has 2 fully saturated rings. The first-order valence-corrected chi connectivity index (χ1v) is 8.65. The van der Waals surface area contributed by atoms with Crippen molar-refractivity contribution in [3.8, 4) is 11.8 Å². The van der Waals surface area contributed by atoms with Crippen LogP contribution in [-0.2, 0) is 0 Å². The van der Waals surface area contributed by atoms with Gasteiger partial charge in [0.05, 0.1) is 18.2 Å². The van der Waals surface area contributed by atoms with E-state index in [1.54, 1.807) is 6.20 Å². The van der Waals surface area contributed by atoms with Crippen LogP contribution in [0.2, 0.25) is 0 Å². The summed E-state index contributed by atoms with van der Waals surface area (Å²) in [5.74, 6) is 3.03. The highest BCUT2D eigenvalue weighted by Gasteiger charge is 2.39. The van der Waals surface area contributed by atoms with E-state index in [2.05, 4.69) is 26.5 Å². The molecule has 0 aromatic carbocycles. The maximum absolute atomic E-state index is 10.0. The summed E-state index contributed by atoms with van der Waals surface area (Å²) in [6, 6.07) is 4.72. The fourth-order valence-electron chi connectivity index (χ4n) is 4.02. The molecule has 5 rings (SSSR count). The minimum absolute atomic E-state index is 0.165. The minimum Gasteiger partial charge on any atom is -0.531 e. The van der Waals surface area contributed by atoms with Gasteiger partial charge in [0.2, 0.25) is 0 Å². The SMILES string of the molecule is N#CC1CN(NC2CC(C3=CB(O)Oc4cnc5[nH]ccc5c43)C2)C1. The number of nitriles is 1. The van der Waals surface area contributed by atoms with Crippen molar-refractivity contribution >= 4 is 23.7 Å². The number of pyridine rings is 1. The summed E-state index contributed by atoms with van der Waals surface area (Å²) in [6.45, 7) is 1.62. The lowest BCUT2D eigenvalue weighted by molar-refractivity contribution is 0.0273. The first-order valence-electron chi connectivity index (χ1n) is 8.65. The maximum atomic E-state index is 10.0. The van der Waals surface area contributed by atoms with Gasteiger partial charge in [0.25, 0.3) is 0 Å². The average Bonchev–Trinajstić information content (AvgIpc) is 2.99. The number of hydrogen-bond acceptors (Lipinski definition) is 6. The molecule has 2 aliphatic heterocycles. The van der Waals surface area contributed by atoms with Crippen LogP contribution in [0.25, 0.3) is 16.6 Å². The Hall–Kier alpha value is -2.34. The van der Waals surface area contributed by atoms with Crippen molar-refractivity contribution in [2.75, 3.05) is 13.1 Å². The molecule has 0 amide bonds. The van der Waals surface area contributed by atoms with Crippen LogP contribution < -0.4 is 10.1 Å². The molecule has 0 atom stereocenters. The standard InChI is InChI=1S/C17H18BN5O2/c19-6-10-8-23(9-10)22-12-3-11(4-12)14-5-18(24)25-15-7-21-17-13(16(14)15)1-2-20-17/h1-2,5,7,10-12,22,24H,3-4,8-9H2,(H,20,21). The minimum atomic E-state index is -0.917. The molecule has 8 heteroatoms. The number of nitrogens with zero attached hydrogens (tertiary/aromatic N) is 3. The molecule has 0 unspecified atom stereocenters. The van der Waals surface area contributed by atoms with E-state index in [9.17, 15) is 5.02 Å². The largest absolute Gasteiger partial charge is 0.552 e. The summed E-state index contributed by atoms with van der Waals surface area (Å²) in [5, 5.41) is 22.1. The molecule has 0 radical (unpaired) electrons. The van der Waals surface area contributed by atoms with Crippen molar-refractivity contribution < 1.29 is 9.68 Å². The van der Waals surface area contributed by atoms with Gasteiger partial charge in [0.15, 0.2) is 0 Å². The number of fused-ring (bicyclic) bond motifs is 3. The molecule has 25 heavy (non-hydrogen) atoms. The third kappa shape index (κ3) is 2.43. The summed E-state index contributed by atoms with van der Waals surface area (Å²) < 4.78 is 5.55. The third-order valence-corrected chi connectivity index (χ3v) is 5.42. The molecule has 1 saturated carbocycles. The zero-order chi connectivity index (χ0) is 17.0. The highest BCUT2D eigenvalue weighted by Crippen LogP contribution is 2.46. The molecule has 126 valence electrons. The van der Waals surface area contributed by atoms with Crippen LogP contribution in [0.3, 0.4) is 0 Å². The van der Waals surface area contributed by atoms with Crippen LogP contribution in [0.5, 0.6) is 5.75 Å². The van der Waals surface area contributed by atoms with Crippen molar-refractivity contribution in [1.29, 1.82) is 5.26 Å². The van der Waals surface area contributed by atoms with E-state index in [4.69, 9.17) is 9.92 Å². The van der Waals surface area contributed by atoms with Gasteiger partial charge >= 0.3 is 7.12 Å². The molecular weight excluding hydrogens is 317 g/mol. The van der Waals surface area contributed by atoms with Gasteiger partial charge in [-0.15, -0.1) is 0 Å². The number of aromatic amines is 1. The topological polar surface area (TPSA) is 97.2 Å². The van der Waals surface area contributed by atoms with Crippen molar-refractivity contribution in [2.24, 2.45) is 11.8 Å². The highest BCUT2D eigenvalue weighted by molar-refractivity contribution is 6.52. The zero-order valence-corrected chi connectivity index (χ0v) is 13.6. The van der Waals surface area contributed by atoms with Gasteiger partial charge in [-0.2, -0.15) is 5.26 Å². The Morgan fingerprint density at radius 1 is 1.44 bits per heavy atom. The predicted molar refractivity (Wildman–Crippen MR) is 93.0 cm³/mol. The molecule has 2 aromatic heterocycles. The molecular formula is C17H18BN5O2. The number of aromatic nitrogens is 2. The number of hydrazine groups is 1. The van der Waals surface area contributed by atoms with E-state index in [0.29, 0.717) is 17.7 Å². The second kappa shape index (κ2) is 5.59. The molecule has 3 aliphatic rings. The van der Waals surface area contributed by atoms with E-state index in [0.717, 1.165) is 48.1 Å². The third-order valence-electron chi connectivity index (χ3n) is 5.42. The van der Waals surface area contributed by atoms with Gasteiger partial charge < -0.3 is 14.7 Å². The van der Waals surface area contributed by atoms with E-state index in [1.165, 1.54) is 0 Å². The number of rotatable bonds is 3. The molecule has 7 nitrogen and oxygen atoms in total. The van der Waals surface area contributed by atoms with E-state index < -0.39 is 7.12 Å². The number of hydrogen-bond donors (Lipinski definition) is 3. The first kappa shape index (κ1) is 15.0. The van der Waals surface area contributed by atoms with Gasteiger partial charge in [-0.1, -0.05) is 0 Å². The van der Waals surface area contributed by atoms with Crippen molar-refractivity contribution in [2.45, 2.75) is 18.9 Å². The molecule has 3 N–H and O–H groups in total. The number of H-pyrrole nitrogens is 1. The van der Waals surface area contributed by atoms with Crippen LogP contribution in [-0.4, -0.2) is 46.3 Å². The first-order chi connectivity index (χ1) is 12.2. The smallest absolute Gasteiger partial charge is 0.531 e. The van der Waals surface area contributed by atoms with Gasteiger partial charge in [0.1, 0.15) is 11.4 Å². The Bertz CT molecular complexity index is 892. The van der Waals surface area contributed by atoms with E-state index >= 15 is 0 Å². The normalized spacial score (nSPS) is 26.2. The monoisotopic (exact) mass is 335 g/mol. The zero-order valence-electron chi connectivity index (χ0n) is 13.6. The lowest BCUT2D eigenvalue weighted by atomic mass is 9.68. The average molecular weight is 335 g/mol. The van der Waals surface area contributed by atoms with Gasteiger partial charge in [-0.05, 0) is 36.4 Å². The van der Waals surface area contributed by atoms with E-state index in [-0.39, 0.29) is 5.92 Å². The van der Waals surface area contributed by atoms with Crippen LogP contribution in [0.4, 0.5) is 0 Å². The number of nitrogens with one attached hydrogen (secondary N) is 2. The lowest BCUT2D eigenvalue weighted by Gasteiger charge is -2.45. The van der Waals surface area contributed by atoms with Gasteiger partial charge in [-0.25, -0.2) is 9.99 Å². The van der Waals surface area contributed by atoms with Crippen LogP contribution in [0.1, 0.15) is 18.4 Å². The second-order valence-electron chi connectivity index (χ2n) is 7.09. The quantitative estimate of drug-likeness (QED) is 0.727. The molecule has 4 heterocycles. The van der Waals surface area contributed by atoms with Crippen LogP contribution >= 0.6 is 0 Å². The number of allylic oxidation sites excluding steroid dienone is 1. The fourth-order valence-corrected chi connectivity index (χ4v) is 4.02. The van der Waals surface area contributed by atoms with E-state index in [1.807, 2.05) is 18.2 Å². The maximum Gasteiger partial charge on any atom is 0.552 e. The molecule has 1 saturated heterocycles. The summed E-state index contributed by atoms with van der Waals surface area (Å²) in [4.78, 5) is 7.48. The Morgan fingerprint density at radius 2 is 2.28 bits per heavy atom. The van der Waals surface area contributed by atoms with Crippen molar-refractivity contribution in [1.82, 2.24) is 20.4 Å². The van der Waals surface area contributed by atoms with Crippen molar-refractivity contribution in [3.05, 3.63) is 30.0 Å². The Labute approximate surface area is 145 Å². The predicted octanol–water partition coefficient (Wildman–Crippen LogP) is 1.10. The Kier molecular flexibility index (Phi) is 3.35. The fraction of sp³-hybridized carbons (Fsp3) is 0.412. The Morgan fingerprint density at radius 3 is 3.08 bits per heavy atom. The summed E-state index contributed by atoms with van der Waals surface area (Å²) in [7, 11) is -0.917. The molecule has 2 aromatic rings. The highest BCUT2D eigenvalue weighted by atomic mass is 16.5. The van der Waals surface area contributed by atoms with Gasteiger partial charge in [0, 0.05) is 36.3 Å².